The quantitative estimate of drug-likeness (QED) is 0.780. The van der Waals surface area contributed by atoms with Crippen molar-refractivity contribution in [3.05, 3.63) is 29.8 Å². The average Bonchev–Trinajstić information content (AvgIpc) is 2.46. The zero-order valence-electron chi connectivity index (χ0n) is 12.4. The van der Waals surface area contributed by atoms with Crippen LogP contribution in [0.4, 0.5) is 0 Å². The van der Waals surface area contributed by atoms with Crippen LogP contribution in [0.15, 0.2) is 24.3 Å². The first-order chi connectivity index (χ1) is 9.91. The fourth-order valence-corrected chi connectivity index (χ4v) is 3.68. The third-order valence-corrected chi connectivity index (χ3v) is 5.10. The molecule has 1 heterocycles. The molecule has 0 aliphatic carbocycles. The Morgan fingerprint density at radius 3 is 2.76 bits per heavy atom. The lowest BCUT2D eigenvalue weighted by molar-refractivity contribution is 0.0939. The molecule has 1 aromatic rings. The van der Waals surface area contributed by atoms with E-state index in [9.17, 15) is 13.2 Å². The number of rotatable bonds is 5. The van der Waals surface area contributed by atoms with E-state index in [1.54, 1.807) is 18.2 Å². The number of nitrogens with zero attached hydrogens (tertiary/aromatic N) is 1. The topological polar surface area (TPSA) is 63.7 Å². The SMILES string of the molecule is COc1ccccc1C(=O)CC1CCCN(S(C)(=O)=O)C1. The van der Waals surface area contributed by atoms with Gasteiger partial charge >= 0.3 is 0 Å². The fourth-order valence-electron chi connectivity index (χ4n) is 2.74. The van der Waals surface area contributed by atoms with Gasteiger partial charge < -0.3 is 4.74 Å². The maximum atomic E-state index is 12.4. The first kappa shape index (κ1) is 16.0. The molecular weight excluding hydrogens is 290 g/mol. The number of carbonyl (C=O) groups is 1. The summed E-state index contributed by atoms with van der Waals surface area (Å²) in [6.45, 7) is 0.984. The minimum absolute atomic E-state index is 0.00722. The van der Waals surface area contributed by atoms with Crippen LogP contribution < -0.4 is 4.74 Å². The van der Waals surface area contributed by atoms with Gasteiger partial charge in [-0.2, -0.15) is 0 Å². The van der Waals surface area contributed by atoms with Crippen molar-refractivity contribution in [2.45, 2.75) is 19.3 Å². The highest BCUT2D eigenvalue weighted by molar-refractivity contribution is 7.88. The monoisotopic (exact) mass is 311 g/mol. The van der Waals surface area contributed by atoms with Gasteiger partial charge in [-0.1, -0.05) is 12.1 Å². The van der Waals surface area contributed by atoms with Crippen molar-refractivity contribution < 1.29 is 17.9 Å². The van der Waals surface area contributed by atoms with Gasteiger partial charge in [0, 0.05) is 19.5 Å². The van der Waals surface area contributed by atoms with E-state index < -0.39 is 10.0 Å². The van der Waals surface area contributed by atoms with E-state index in [0.717, 1.165) is 12.8 Å². The van der Waals surface area contributed by atoms with E-state index in [0.29, 0.717) is 30.8 Å². The van der Waals surface area contributed by atoms with E-state index in [-0.39, 0.29) is 11.7 Å². The zero-order valence-corrected chi connectivity index (χ0v) is 13.2. The molecule has 1 fully saturated rings. The molecule has 1 aliphatic rings. The largest absolute Gasteiger partial charge is 0.496 e. The molecule has 1 unspecified atom stereocenters. The number of hydrogen-bond acceptors (Lipinski definition) is 4. The molecule has 0 radical (unpaired) electrons. The van der Waals surface area contributed by atoms with Crippen molar-refractivity contribution in [3.8, 4) is 5.75 Å². The second kappa shape index (κ2) is 6.58. The molecule has 0 saturated carbocycles. The van der Waals surface area contributed by atoms with E-state index in [1.165, 1.54) is 17.7 Å². The van der Waals surface area contributed by atoms with Crippen LogP contribution in [0.1, 0.15) is 29.6 Å². The molecule has 0 aromatic heterocycles. The molecule has 1 saturated heterocycles. The second-order valence-electron chi connectivity index (χ2n) is 5.46. The van der Waals surface area contributed by atoms with Crippen LogP contribution in [0.25, 0.3) is 0 Å². The number of Topliss-reactive ketones (excluding diaryl/α,β-unsaturated/α-hetero) is 1. The van der Waals surface area contributed by atoms with Gasteiger partial charge in [-0.25, -0.2) is 12.7 Å². The Balaban J connectivity index is 2.06. The van der Waals surface area contributed by atoms with Crippen molar-refractivity contribution in [1.29, 1.82) is 0 Å². The standard InChI is InChI=1S/C15H21NO4S/c1-20-15-8-4-3-7-13(15)14(17)10-12-6-5-9-16(11-12)21(2,18)19/h3-4,7-8,12H,5-6,9-11H2,1-2H3. The molecule has 5 nitrogen and oxygen atoms in total. The second-order valence-corrected chi connectivity index (χ2v) is 7.44. The molecule has 0 amide bonds. The minimum Gasteiger partial charge on any atom is -0.496 e. The smallest absolute Gasteiger partial charge is 0.211 e. The van der Waals surface area contributed by atoms with Crippen LogP contribution in [0.3, 0.4) is 0 Å². The number of sulfonamides is 1. The summed E-state index contributed by atoms with van der Waals surface area (Å²) >= 11 is 0. The molecule has 1 aromatic carbocycles. The summed E-state index contributed by atoms with van der Waals surface area (Å²) in [5, 5.41) is 0. The number of piperidine rings is 1. The van der Waals surface area contributed by atoms with Crippen LogP contribution in [0.2, 0.25) is 0 Å². The van der Waals surface area contributed by atoms with E-state index in [1.807, 2.05) is 6.07 Å². The molecule has 0 N–H and O–H groups in total. The molecule has 2 rings (SSSR count). The lowest BCUT2D eigenvalue weighted by Crippen LogP contribution is -2.39. The van der Waals surface area contributed by atoms with Crippen LogP contribution in [-0.4, -0.2) is 45.0 Å². The Bertz CT molecular complexity index is 612. The van der Waals surface area contributed by atoms with Crippen molar-refractivity contribution in [3.63, 3.8) is 0 Å². The van der Waals surface area contributed by atoms with Crippen molar-refractivity contribution >= 4 is 15.8 Å². The predicted molar refractivity (Wildman–Crippen MR) is 81.1 cm³/mol. The predicted octanol–water partition coefficient (Wildman–Crippen LogP) is 1.94. The molecular formula is C15H21NO4S. The van der Waals surface area contributed by atoms with Crippen LogP contribution in [0, 0.1) is 5.92 Å². The van der Waals surface area contributed by atoms with Crippen LogP contribution >= 0.6 is 0 Å². The summed E-state index contributed by atoms with van der Waals surface area (Å²) in [7, 11) is -1.63. The van der Waals surface area contributed by atoms with Gasteiger partial charge in [0.05, 0.1) is 18.9 Å². The van der Waals surface area contributed by atoms with E-state index in [4.69, 9.17) is 4.74 Å². The van der Waals surface area contributed by atoms with Gasteiger partial charge in [-0.15, -0.1) is 0 Å². The first-order valence-corrected chi connectivity index (χ1v) is 8.88. The number of carbonyl (C=O) groups excluding carboxylic acids is 1. The highest BCUT2D eigenvalue weighted by Crippen LogP contribution is 2.26. The van der Waals surface area contributed by atoms with Crippen molar-refractivity contribution in [2.75, 3.05) is 26.5 Å². The Morgan fingerprint density at radius 1 is 1.38 bits per heavy atom. The number of benzene rings is 1. The van der Waals surface area contributed by atoms with Gasteiger partial charge in [-0.05, 0) is 30.9 Å². The molecule has 6 heteroatoms. The molecule has 1 aliphatic heterocycles. The summed E-state index contributed by atoms with van der Waals surface area (Å²) in [5.41, 5.74) is 0.566. The van der Waals surface area contributed by atoms with Crippen molar-refractivity contribution in [2.24, 2.45) is 5.92 Å². The normalized spacial score (nSPS) is 20.2. The fraction of sp³-hybridized carbons (Fsp3) is 0.533. The third-order valence-electron chi connectivity index (χ3n) is 3.83. The van der Waals surface area contributed by atoms with Gasteiger partial charge in [0.25, 0.3) is 0 Å². The summed E-state index contributed by atoms with van der Waals surface area (Å²) in [6.07, 6.45) is 3.26. The molecule has 0 bridgehead atoms. The van der Waals surface area contributed by atoms with Gasteiger partial charge in [0.1, 0.15) is 5.75 Å². The van der Waals surface area contributed by atoms with Crippen molar-refractivity contribution in [1.82, 2.24) is 4.31 Å². The third kappa shape index (κ3) is 4.04. The number of hydrogen-bond donors (Lipinski definition) is 0. The molecule has 1 atom stereocenters. The average molecular weight is 311 g/mol. The number of ketones is 1. The molecule has 116 valence electrons. The van der Waals surface area contributed by atoms with E-state index in [2.05, 4.69) is 0 Å². The lowest BCUT2D eigenvalue weighted by atomic mass is 9.91. The summed E-state index contributed by atoms with van der Waals surface area (Å²) < 4.78 is 29.9. The number of ether oxygens (including phenoxy) is 1. The van der Waals surface area contributed by atoms with Gasteiger partial charge in [-0.3, -0.25) is 4.79 Å². The maximum absolute atomic E-state index is 12.4. The molecule has 0 spiro atoms. The van der Waals surface area contributed by atoms with Gasteiger partial charge in [0.2, 0.25) is 10.0 Å². The Hall–Kier alpha value is -1.40. The highest BCUT2D eigenvalue weighted by Gasteiger charge is 2.28. The number of para-hydroxylation sites is 1. The van der Waals surface area contributed by atoms with Gasteiger partial charge in [0.15, 0.2) is 5.78 Å². The Kier molecular flexibility index (Phi) is 5.00. The lowest BCUT2D eigenvalue weighted by Gasteiger charge is -2.30. The Morgan fingerprint density at radius 2 is 2.10 bits per heavy atom. The maximum Gasteiger partial charge on any atom is 0.211 e. The highest BCUT2D eigenvalue weighted by atomic mass is 32.2. The zero-order chi connectivity index (χ0) is 15.5. The summed E-state index contributed by atoms with van der Waals surface area (Å²) in [4.78, 5) is 12.4. The summed E-state index contributed by atoms with van der Waals surface area (Å²) in [6, 6.07) is 7.14. The Labute approximate surface area is 126 Å². The minimum atomic E-state index is -3.17. The molecule has 21 heavy (non-hydrogen) atoms. The number of methoxy groups -OCH3 is 1. The summed E-state index contributed by atoms with van der Waals surface area (Å²) in [5.74, 6) is 0.650. The van der Waals surface area contributed by atoms with Crippen LogP contribution in [-0.2, 0) is 10.0 Å². The van der Waals surface area contributed by atoms with Crippen LogP contribution in [0.5, 0.6) is 5.75 Å². The van der Waals surface area contributed by atoms with E-state index >= 15 is 0 Å². The first-order valence-electron chi connectivity index (χ1n) is 7.03.